The lowest BCUT2D eigenvalue weighted by molar-refractivity contribution is 0.355. The van der Waals surface area contributed by atoms with Crippen LogP contribution in [0.3, 0.4) is 0 Å². The molecule has 0 spiro atoms. The highest BCUT2D eigenvalue weighted by atomic mass is 32.2. The van der Waals surface area contributed by atoms with Gasteiger partial charge in [-0.25, -0.2) is 0 Å². The van der Waals surface area contributed by atoms with Crippen molar-refractivity contribution in [3.63, 3.8) is 0 Å². The quantitative estimate of drug-likeness (QED) is 0.683. The summed E-state index contributed by atoms with van der Waals surface area (Å²) in [6.45, 7) is 4.43. The van der Waals surface area contributed by atoms with Gasteiger partial charge in [0.2, 0.25) is 0 Å². The molecule has 0 aromatic carbocycles. The minimum absolute atomic E-state index is 1.11. The van der Waals surface area contributed by atoms with Crippen LogP contribution in [0.2, 0.25) is 0 Å². The Balaban J connectivity index is 3.65. The molecule has 0 aromatic heterocycles. The fourth-order valence-electron chi connectivity index (χ4n) is 0.855. The van der Waals surface area contributed by atoms with Crippen LogP contribution in [0.25, 0.3) is 0 Å². The molecule has 0 atom stereocenters. The molecule has 0 saturated carbocycles. The Morgan fingerprint density at radius 3 is 2.67 bits per heavy atom. The highest BCUT2D eigenvalue weighted by molar-refractivity contribution is 8.01. The third-order valence-electron chi connectivity index (χ3n) is 1.88. The Labute approximate surface area is 80.4 Å². The molecule has 0 heterocycles. The predicted octanol–water partition coefficient (Wildman–Crippen LogP) is 1.75. The van der Waals surface area contributed by atoms with Gasteiger partial charge in [-0.15, -0.1) is 11.8 Å². The monoisotopic (exact) mass is 188 g/mol. The van der Waals surface area contributed by atoms with Gasteiger partial charge in [-0.05, 0) is 25.3 Å². The first-order chi connectivity index (χ1) is 5.74. The molecule has 3 heteroatoms. The van der Waals surface area contributed by atoms with Crippen LogP contribution >= 0.6 is 11.8 Å². The lowest BCUT2D eigenvalue weighted by atomic mass is 10.3. The van der Waals surface area contributed by atoms with Gasteiger partial charge in [0, 0.05) is 25.7 Å². The van der Waals surface area contributed by atoms with E-state index in [0.717, 1.165) is 19.5 Å². The molecule has 0 amide bonds. The number of thioether (sulfide) groups is 1. The van der Waals surface area contributed by atoms with E-state index < -0.39 is 0 Å². The van der Waals surface area contributed by atoms with Crippen molar-refractivity contribution in [2.24, 2.45) is 0 Å². The molecule has 0 aliphatic rings. The first-order valence-electron chi connectivity index (χ1n) is 4.32. The minimum Gasteiger partial charge on any atom is -0.391 e. The Hall–Kier alpha value is -0.150. The van der Waals surface area contributed by atoms with Gasteiger partial charge < -0.3 is 10.2 Å². The first-order valence-corrected chi connectivity index (χ1v) is 5.61. The van der Waals surface area contributed by atoms with Gasteiger partial charge in [0.25, 0.3) is 0 Å². The highest BCUT2D eigenvalue weighted by Gasteiger charge is 1.96. The van der Waals surface area contributed by atoms with E-state index in [2.05, 4.69) is 35.9 Å². The van der Waals surface area contributed by atoms with E-state index in [0.29, 0.717) is 0 Å². The molecular formula is C9H20N2S. The summed E-state index contributed by atoms with van der Waals surface area (Å²) < 4.78 is 0. The molecule has 0 aliphatic heterocycles. The van der Waals surface area contributed by atoms with Gasteiger partial charge >= 0.3 is 0 Å². The molecular weight excluding hydrogens is 168 g/mol. The SMILES string of the molecule is CCN(C)CC/C(=C/SC)NC. The fourth-order valence-corrected chi connectivity index (χ4v) is 1.37. The first kappa shape index (κ1) is 11.8. The van der Waals surface area contributed by atoms with Crippen LogP contribution in [0.4, 0.5) is 0 Å². The summed E-state index contributed by atoms with van der Waals surface area (Å²) in [5.41, 5.74) is 1.32. The summed E-state index contributed by atoms with van der Waals surface area (Å²) >= 11 is 1.75. The van der Waals surface area contributed by atoms with Gasteiger partial charge in [-0.3, -0.25) is 0 Å². The highest BCUT2D eigenvalue weighted by Crippen LogP contribution is 2.04. The molecule has 0 aromatic rings. The number of rotatable bonds is 6. The standard InChI is InChI=1S/C9H20N2S/c1-5-11(3)7-6-9(10-2)8-12-4/h8,10H,5-7H2,1-4H3/b9-8-. The van der Waals surface area contributed by atoms with Crippen molar-refractivity contribution in [3.05, 3.63) is 11.1 Å². The Morgan fingerprint density at radius 2 is 2.25 bits per heavy atom. The van der Waals surface area contributed by atoms with Gasteiger partial charge in [-0.1, -0.05) is 6.92 Å². The minimum atomic E-state index is 1.11. The van der Waals surface area contributed by atoms with E-state index in [9.17, 15) is 0 Å². The van der Waals surface area contributed by atoms with E-state index >= 15 is 0 Å². The third kappa shape index (κ3) is 5.49. The largest absolute Gasteiger partial charge is 0.391 e. The maximum absolute atomic E-state index is 3.20. The summed E-state index contributed by atoms with van der Waals surface area (Å²) in [5.74, 6) is 0. The van der Waals surface area contributed by atoms with Crippen molar-refractivity contribution in [1.82, 2.24) is 10.2 Å². The molecule has 72 valence electrons. The average Bonchev–Trinajstić information content (AvgIpc) is 2.11. The molecule has 0 unspecified atom stereocenters. The summed E-state index contributed by atoms with van der Waals surface area (Å²) in [4.78, 5) is 2.31. The summed E-state index contributed by atoms with van der Waals surface area (Å²) in [6.07, 6.45) is 3.20. The van der Waals surface area contributed by atoms with Crippen molar-refractivity contribution in [1.29, 1.82) is 0 Å². The molecule has 0 bridgehead atoms. The van der Waals surface area contributed by atoms with Gasteiger partial charge in [0.05, 0.1) is 0 Å². The molecule has 2 nitrogen and oxygen atoms in total. The van der Waals surface area contributed by atoms with Crippen LogP contribution in [-0.4, -0.2) is 38.3 Å². The van der Waals surface area contributed by atoms with Crippen LogP contribution in [0.5, 0.6) is 0 Å². The van der Waals surface area contributed by atoms with Crippen molar-refractivity contribution >= 4 is 11.8 Å². The van der Waals surface area contributed by atoms with Gasteiger partial charge in [0.15, 0.2) is 0 Å². The molecule has 12 heavy (non-hydrogen) atoms. The van der Waals surface area contributed by atoms with Crippen molar-refractivity contribution in [2.45, 2.75) is 13.3 Å². The predicted molar refractivity (Wildman–Crippen MR) is 58.4 cm³/mol. The van der Waals surface area contributed by atoms with E-state index in [-0.39, 0.29) is 0 Å². The van der Waals surface area contributed by atoms with Crippen molar-refractivity contribution in [2.75, 3.05) is 33.4 Å². The second-order valence-electron chi connectivity index (χ2n) is 2.77. The average molecular weight is 188 g/mol. The van der Waals surface area contributed by atoms with Gasteiger partial charge in [-0.2, -0.15) is 0 Å². The van der Waals surface area contributed by atoms with E-state index in [1.54, 1.807) is 11.8 Å². The maximum atomic E-state index is 3.20. The summed E-state index contributed by atoms with van der Waals surface area (Å²) in [7, 11) is 4.13. The molecule has 0 rings (SSSR count). The lowest BCUT2D eigenvalue weighted by Crippen LogP contribution is -2.21. The number of nitrogens with zero attached hydrogens (tertiary/aromatic N) is 1. The van der Waals surface area contributed by atoms with E-state index in [1.165, 1.54) is 5.70 Å². The van der Waals surface area contributed by atoms with Crippen molar-refractivity contribution < 1.29 is 0 Å². The second kappa shape index (κ2) is 7.50. The number of hydrogen-bond acceptors (Lipinski definition) is 3. The smallest absolute Gasteiger partial charge is 0.0181 e. The fraction of sp³-hybridized carbons (Fsp3) is 0.778. The zero-order chi connectivity index (χ0) is 9.40. The van der Waals surface area contributed by atoms with Crippen molar-refractivity contribution in [3.8, 4) is 0 Å². The molecule has 1 N–H and O–H groups in total. The zero-order valence-corrected chi connectivity index (χ0v) is 9.37. The molecule has 0 saturated heterocycles. The Morgan fingerprint density at radius 1 is 1.58 bits per heavy atom. The lowest BCUT2D eigenvalue weighted by Gasteiger charge is -2.14. The zero-order valence-electron chi connectivity index (χ0n) is 8.55. The number of nitrogens with one attached hydrogen (secondary N) is 1. The maximum Gasteiger partial charge on any atom is 0.0181 e. The topological polar surface area (TPSA) is 15.3 Å². The Bertz CT molecular complexity index is 134. The molecule has 0 aliphatic carbocycles. The molecule has 0 radical (unpaired) electrons. The van der Waals surface area contributed by atoms with Crippen LogP contribution < -0.4 is 5.32 Å². The Kier molecular flexibility index (Phi) is 7.40. The molecule has 0 fully saturated rings. The summed E-state index contributed by atoms with van der Waals surface area (Å²) in [5, 5.41) is 5.37. The second-order valence-corrected chi connectivity index (χ2v) is 3.48. The normalized spacial score (nSPS) is 12.2. The van der Waals surface area contributed by atoms with Crippen LogP contribution in [0.1, 0.15) is 13.3 Å². The van der Waals surface area contributed by atoms with E-state index in [1.807, 2.05) is 7.05 Å². The summed E-state index contributed by atoms with van der Waals surface area (Å²) in [6, 6.07) is 0. The van der Waals surface area contributed by atoms with Crippen LogP contribution in [0.15, 0.2) is 11.1 Å². The third-order valence-corrected chi connectivity index (χ3v) is 2.40. The van der Waals surface area contributed by atoms with E-state index in [4.69, 9.17) is 0 Å². The number of hydrogen-bond donors (Lipinski definition) is 1. The van der Waals surface area contributed by atoms with Crippen LogP contribution in [-0.2, 0) is 0 Å². The van der Waals surface area contributed by atoms with Crippen LogP contribution in [0, 0.1) is 0 Å². The van der Waals surface area contributed by atoms with Gasteiger partial charge in [0.1, 0.15) is 0 Å².